The Morgan fingerprint density at radius 2 is 0.821 bits per heavy atom. The lowest BCUT2D eigenvalue weighted by Gasteiger charge is -2.19. The van der Waals surface area contributed by atoms with Gasteiger partial charge in [0, 0.05) is 24.7 Å². The summed E-state index contributed by atoms with van der Waals surface area (Å²) in [6.45, 7) is 0. The highest BCUT2D eigenvalue weighted by Crippen LogP contribution is 2.43. The van der Waals surface area contributed by atoms with E-state index in [9.17, 15) is 0 Å². The molecule has 0 saturated heterocycles. The normalized spacial score (nSPS) is 10.8. The standard InChI is InChI=1S/C24H16Br3N/c25-18-7-1-15(2-8-18)21-13-14-22(28)24(17-5-11-20(27)12-6-17)23(21)16-3-9-19(26)10-4-16/h1-14H,28H2. The molecule has 0 atom stereocenters. The van der Waals surface area contributed by atoms with Crippen molar-refractivity contribution in [1.82, 2.24) is 0 Å². The van der Waals surface area contributed by atoms with E-state index in [-0.39, 0.29) is 0 Å². The summed E-state index contributed by atoms with van der Waals surface area (Å²) in [4.78, 5) is 0. The second-order valence-electron chi connectivity index (χ2n) is 6.47. The molecule has 0 aromatic heterocycles. The number of nitrogens with two attached hydrogens (primary N) is 1. The van der Waals surface area contributed by atoms with Crippen LogP contribution in [0.5, 0.6) is 0 Å². The van der Waals surface area contributed by atoms with Crippen LogP contribution in [-0.2, 0) is 0 Å². The molecule has 0 aliphatic rings. The van der Waals surface area contributed by atoms with Crippen molar-refractivity contribution in [2.45, 2.75) is 0 Å². The summed E-state index contributed by atoms with van der Waals surface area (Å²) in [5.74, 6) is 0. The highest BCUT2D eigenvalue weighted by molar-refractivity contribution is 9.11. The first-order valence-electron chi connectivity index (χ1n) is 8.73. The van der Waals surface area contributed by atoms with Crippen LogP contribution in [0, 0.1) is 0 Å². The topological polar surface area (TPSA) is 26.0 Å². The van der Waals surface area contributed by atoms with Gasteiger partial charge in [-0.05, 0) is 70.3 Å². The molecule has 4 rings (SSSR count). The van der Waals surface area contributed by atoms with Crippen molar-refractivity contribution < 1.29 is 0 Å². The lowest BCUT2D eigenvalue weighted by Crippen LogP contribution is -1.96. The number of benzene rings is 4. The van der Waals surface area contributed by atoms with E-state index in [1.54, 1.807) is 0 Å². The highest BCUT2D eigenvalue weighted by Gasteiger charge is 2.17. The van der Waals surface area contributed by atoms with Gasteiger partial charge < -0.3 is 5.73 Å². The number of halogens is 3. The molecule has 0 fully saturated rings. The predicted molar refractivity (Wildman–Crippen MR) is 130 cm³/mol. The lowest BCUT2D eigenvalue weighted by molar-refractivity contribution is 1.53. The first kappa shape index (κ1) is 19.4. The van der Waals surface area contributed by atoms with Crippen molar-refractivity contribution in [3.63, 3.8) is 0 Å². The minimum absolute atomic E-state index is 0.765. The number of rotatable bonds is 3. The van der Waals surface area contributed by atoms with Gasteiger partial charge >= 0.3 is 0 Å². The van der Waals surface area contributed by atoms with E-state index >= 15 is 0 Å². The summed E-state index contributed by atoms with van der Waals surface area (Å²) < 4.78 is 3.16. The van der Waals surface area contributed by atoms with E-state index in [1.165, 1.54) is 0 Å². The molecule has 0 bridgehead atoms. The molecular weight excluding hydrogens is 542 g/mol. The Labute approximate surface area is 190 Å². The fraction of sp³-hybridized carbons (Fsp3) is 0. The SMILES string of the molecule is Nc1ccc(-c2ccc(Br)cc2)c(-c2ccc(Br)cc2)c1-c1ccc(Br)cc1. The molecule has 2 N–H and O–H groups in total. The Morgan fingerprint density at radius 1 is 0.429 bits per heavy atom. The quantitative estimate of drug-likeness (QED) is 0.251. The molecule has 0 radical (unpaired) electrons. The van der Waals surface area contributed by atoms with Crippen molar-refractivity contribution >= 4 is 53.5 Å². The maximum Gasteiger partial charge on any atom is 0.0400 e. The van der Waals surface area contributed by atoms with Crippen molar-refractivity contribution in [3.8, 4) is 33.4 Å². The molecule has 0 spiro atoms. The van der Waals surface area contributed by atoms with E-state index < -0.39 is 0 Å². The molecule has 138 valence electrons. The smallest absolute Gasteiger partial charge is 0.0400 e. The molecule has 0 amide bonds. The van der Waals surface area contributed by atoms with Gasteiger partial charge in [-0.15, -0.1) is 0 Å². The van der Waals surface area contributed by atoms with E-state index in [0.29, 0.717) is 0 Å². The van der Waals surface area contributed by atoms with Crippen molar-refractivity contribution in [2.24, 2.45) is 0 Å². The van der Waals surface area contributed by atoms with E-state index in [4.69, 9.17) is 5.73 Å². The van der Waals surface area contributed by atoms with Crippen LogP contribution in [0.1, 0.15) is 0 Å². The number of hydrogen-bond acceptors (Lipinski definition) is 1. The molecule has 1 nitrogen and oxygen atoms in total. The monoisotopic (exact) mass is 555 g/mol. The van der Waals surface area contributed by atoms with Crippen molar-refractivity contribution in [1.29, 1.82) is 0 Å². The summed E-state index contributed by atoms with van der Waals surface area (Å²) in [5, 5.41) is 0. The maximum absolute atomic E-state index is 6.50. The first-order valence-corrected chi connectivity index (χ1v) is 11.1. The van der Waals surface area contributed by atoms with Gasteiger partial charge in [-0.2, -0.15) is 0 Å². The van der Waals surface area contributed by atoms with Crippen LogP contribution in [0.25, 0.3) is 33.4 Å². The summed E-state index contributed by atoms with van der Waals surface area (Å²) in [7, 11) is 0. The van der Waals surface area contributed by atoms with Gasteiger partial charge in [-0.3, -0.25) is 0 Å². The van der Waals surface area contributed by atoms with Gasteiger partial charge in [0.1, 0.15) is 0 Å². The minimum Gasteiger partial charge on any atom is -0.398 e. The molecular formula is C24H16Br3N. The molecule has 4 heteroatoms. The van der Waals surface area contributed by atoms with Crippen molar-refractivity contribution in [2.75, 3.05) is 5.73 Å². The third-order valence-electron chi connectivity index (χ3n) is 4.66. The molecule has 0 heterocycles. The van der Waals surface area contributed by atoms with Gasteiger partial charge in [0.05, 0.1) is 0 Å². The Morgan fingerprint density at radius 3 is 1.29 bits per heavy atom. The Hall–Kier alpha value is -1.88. The summed E-state index contributed by atoms with van der Waals surface area (Å²) in [5.41, 5.74) is 14.0. The van der Waals surface area contributed by atoms with E-state index in [0.717, 1.165) is 52.5 Å². The van der Waals surface area contributed by atoms with Crippen LogP contribution in [0.4, 0.5) is 5.69 Å². The largest absolute Gasteiger partial charge is 0.398 e. The predicted octanol–water partition coefficient (Wildman–Crippen LogP) is 8.56. The Bertz CT molecular complexity index is 1120. The van der Waals surface area contributed by atoms with Crippen LogP contribution in [0.3, 0.4) is 0 Å². The van der Waals surface area contributed by atoms with Gasteiger partial charge in [0.2, 0.25) is 0 Å². The number of anilines is 1. The van der Waals surface area contributed by atoms with Gasteiger partial charge in [-0.1, -0.05) is 90.3 Å². The summed E-state index contributed by atoms with van der Waals surface area (Å²) in [6, 6.07) is 29.2. The highest BCUT2D eigenvalue weighted by atomic mass is 79.9. The third-order valence-corrected chi connectivity index (χ3v) is 6.24. The van der Waals surface area contributed by atoms with Gasteiger partial charge in [0.25, 0.3) is 0 Å². The zero-order valence-electron chi connectivity index (χ0n) is 14.8. The van der Waals surface area contributed by atoms with Crippen LogP contribution in [0.15, 0.2) is 98.3 Å². The molecule has 28 heavy (non-hydrogen) atoms. The average Bonchev–Trinajstić information content (AvgIpc) is 2.70. The first-order chi connectivity index (χ1) is 13.5. The number of nitrogen functional groups attached to an aromatic ring is 1. The second-order valence-corrected chi connectivity index (χ2v) is 9.22. The molecule has 0 saturated carbocycles. The van der Waals surface area contributed by atoms with Crippen LogP contribution < -0.4 is 5.73 Å². The molecule has 4 aromatic carbocycles. The van der Waals surface area contributed by atoms with Crippen molar-refractivity contribution in [3.05, 3.63) is 98.3 Å². The molecule has 0 aliphatic carbocycles. The van der Waals surface area contributed by atoms with E-state index in [2.05, 4.69) is 115 Å². The minimum atomic E-state index is 0.765. The van der Waals surface area contributed by atoms with Crippen LogP contribution in [-0.4, -0.2) is 0 Å². The summed E-state index contributed by atoms with van der Waals surface area (Å²) in [6.07, 6.45) is 0. The Balaban J connectivity index is 2.04. The lowest BCUT2D eigenvalue weighted by atomic mass is 9.86. The average molecular weight is 558 g/mol. The van der Waals surface area contributed by atoms with Gasteiger partial charge in [0.15, 0.2) is 0 Å². The molecule has 0 unspecified atom stereocenters. The van der Waals surface area contributed by atoms with Crippen LogP contribution in [0.2, 0.25) is 0 Å². The maximum atomic E-state index is 6.50. The van der Waals surface area contributed by atoms with Crippen LogP contribution >= 0.6 is 47.8 Å². The fourth-order valence-corrected chi connectivity index (χ4v) is 4.13. The zero-order valence-corrected chi connectivity index (χ0v) is 19.6. The third kappa shape index (κ3) is 3.95. The van der Waals surface area contributed by atoms with Gasteiger partial charge in [-0.25, -0.2) is 0 Å². The molecule has 0 aliphatic heterocycles. The summed E-state index contributed by atoms with van der Waals surface area (Å²) >= 11 is 10.6. The number of hydrogen-bond donors (Lipinski definition) is 1. The Kier molecular flexibility index (Phi) is 5.72. The zero-order chi connectivity index (χ0) is 19.7. The van der Waals surface area contributed by atoms with E-state index in [1.807, 2.05) is 18.2 Å². The second kappa shape index (κ2) is 8.24. The molecule has 4 aromatic rings. The fourth-order valence-electron chi connectivity index (χ4n) is 3.33.